The van der Waals surface area contributed by atoms with Crippen molar-refractivity contribution in [1.29, 1.82) is 0 Å². The third kappa shape index (κ3) is 20.3. The molecule has 0 spiro atoms. The largest absolute Gasteiger partial charge is 1.00 e. The van der Waals surface area contributed by atoms with Gasteiger partial charge < -0.3 is 25.3 Å². The van der Waals surface area contributed by atoms with Crippen molar-refractivity contribution in [3.05, 3.63) is 0 Å². The molecular weight excluding hydrogens is 388 g/mol. The van der Waals surface area contributed by atoms with E-state index in [-0.39, 0.29) is 44.8 Å². The molecule has 4 heteroatoms. The second-order valence-corrected chi connectivity index (χ2v) is 3.70. The van der Waals surface area contributed by atoms with Crippen LogP contribution in [0.3, 0.4) is 0 Å². The molecule has 0 unspecified atom stereocenters. The molecule has 0 aliphatic heterocycles. The van der Waals surface area contributed by atoms with Crippen LogP contribution in [0.15, 0.2) is 0 Å². The molecule has 0 amide bonds. The van der Waals surface area contributed by atoms with Crippen LogP contribution < -0.4 is 0 Å². The zero-order valence-corrected chi connectivity index (χ0v) is 12.4. The Morgan fingerprint density at radius 1 is 0.462 bits per heavy atom. The number of hydrogen-bond acceptors (Lipinski definition) is 2. The van der Waals surface area contributed by atoms with E-state index in [0.717, 1.165) is 11.5 Å². The molecule has 0 saturated heterocycles. The third-order valence-corrected chi connectivity index (χ3v) is 2.37. The third-order valence-electron chi connectivity index (χ3n) is 1.79. The van der Waals surface area contributed by atoms with Crippen LogP contribution in [0.25, 0.3) is 0 Å². The van der Waals surface area contributed by atoms with Crippen LogP contribution in [-0.4, -0.2) is 11.5 Å². The molecule has 0 heterocycles. The van der Waals surface area contributed by atoms with E-state index < -0.39 is 0 Å². The Labute approximate surface area is 125 Å². The normalized spacial score (nSPS) is 8.77. The predicted molar refractivity (Wildman–Crippen MR) is 56.8 cm³/mol. The van der Waals surface area contributed by atoms with E-state index >= 15 is 0 Å². The molecule has 0 aromatic rings. The Balaban J connectivity index is -0.000000500. The van der Waals surface area contributed by atoms with E-state index in [0.29, 0.717) is 0 Å². The molecule has 0 aromatic heterocycles. The summed E-state index contributed by atoms with van der Waals surface area (Å²) in [6.45, 7) is 0. The van der Waals surface area contributed by atoms with Crippen molar-refractivity contribution in [2.45, 2.75) is 44.9 Å². The second-order valence-electron chi connectivity index (χ2n) is 2.88. The summed E-state index contributed by atoms with van der Waals surface area (Å²) < 4.78 is 0. The Morgan fingerprint density at radius 2 is 0.692 bits per heavy atom. The van der Waals surface area contributed by atoms with Gasteiger partial charge in [0.2, 0.25) is 0 Å². The molecule has 0 bridgehead atoms. The molecule has 0 aromatic carbocycles. The Bertz CT molecular complexity index is 64.6. The van der Waals surface area contributed by atoms with Crippen molar-refractivity contribution >= 4 is 25.3 Å². The molecule has 0 atom stereocenters. The second kappa shape index (κ2) is 19.7. The fourth-order valence-electron chi connectivity index (χ4n) is 1.09. The van der Waals surface area contributed by atoms with Gasteiger partial charge in [-0.2, -0.15) is 11.5 Å². The maximum Gasteiger partial charge on any atom is 1.00 e. The summed E-state index contributed by atoms with van der Waals surface area (Å²) in [5, 5.41) is 0. The molecule has 0 aliphatic rings. The first kappa shape index (κ1) is 20.6. The Kier molecular flexibility index (Phi) is 31.2. The van der Waals surface area contributed by atoms with Gasteiger partial charge in [-0.15, -0.1) is 0 Å². The molecule has 0 N–H and O–H groups in total. The van der Waals surface area contributed by atoms with Gasteiger partial charge in [0, 0.05) is 0 Å². The van der Waals surface area contributed by atoms with Crippen LogP contribution >= 0.6 is 0 Å². The van der Waals surface area contributed by atoms with E-state index in [4.69, 9.17) is 25.3 Å². The average Bonchev–Trinajstić information content (AvgIpc) is 2.03. The molecule has 13 heavy (non-hydrogen) atoms. The van der Waals surface area contributed by atoms with E-state index in [1.807, 2.05) is 0 Å². The van der Waals surface area contributed by atoms with Gasteiger partial charge in [0.15, 0.2) is 0 Å². The van der Waals surface area contributed by atoms with Crippen molar-refractivity contribution in [2.24, 2.45) is 0 Å². The molecule has 0 rings (SSSR count). The van der Waals surface area contributed by atoms with Gasteiger partial charge in [0.1, 0.15) is 0 Å². The maximum atomic E-state index is 4.86. The summed E-state index contributed by atoms with van der Waals surface area (Å²) in [4.78, 5) is 0. The van der Waals surface area contributed by atoms with Crippen molar-refractivity contribution in [2.75, 3.05) is 11.5 Å². The summed E-state index contributed by atoms with van der Waals surface area (Å²) in [6.07, 6.45) is 9.24. The topological polar surface area (TPSA) is 0 Å². The van der Waals surface area contributed by atoms with E-state index in [9.17, 15) is 0 Å². The van der Waals surface area contributed by atoms with E-state index in [1.165, 1.54) is 44.9 Å². The fourth-order valence-corrected chi connectivity index (χ4v) is 1.50. The Morgan fingerprint density at radius 3 is 0.923 bits per heavy atom. The van der Waals surface area contributed by atoms with Gasteiger partial charge in [0.25, 0.3) is 0 Å². The minimum absolute atomic E-state index is 0. The minimum Gasteiger partial charge on any atom is -0.793 e. The first-order chi connectivity index (χ1) is 5.41. The van der Waals surface area contributed by atoms with Crippen LogP contribution in [-0.2, 0) is 70.0 Å². The van der Waals surface area contributed by atoms with Gasteiger partial charge in [-0.25, -0.2) is 0 Å². The van der Waals surface area contributed by atoms with Crippen molar-refractivity contribution in [3.63, 3.8) is 0 Å². The van der Waals surface area contributed by atoms with Crippen LogP contribution in [0.5, 0.6) is 0 Å². The molecule has 0 aliphatic carbocycles. The van der Waals surface area contributed by atoms with Gasteiger partial charge in [0.05, 0.1) is 0 Å². The summed E-state index contributed by atoms with van der Waals surface area (Å²) in [5.74, 6) is 1.87. The number of hydrogen-bond donors (Lipinski definition) is 0. The summed E-state index contributed by atoms with van der Waals surface area (Å²) in [6, 6.07) is 0. The van der Waals surface area contributed by atoms with Crippen molar-refractivity contribution < 1.29 is 44.8 Å². The van der Waals surface area contributed by atoms with Crippen LogP contribution in [0.4, 0.5) is 0 Å². The quantitative estimate of drug-likeness (QED) is 0.346. The number of unbranched alkanes of at least 4 members (excludes halogenated alkanes) is 6. The molecule has 88 valence electrons. The number of rotatable bonds is 8. The zero-order chi connectivity index (χ0) is 8.36. The average molecular weight is 406 g/mol. The summed E-state index contributed by atoms with van der Waals surface area (Å²) in [5.41, 5.74) is 0. The summed E-state index contributed by atoms with van der Waals surface area (Å²) >= 11 is 9.72. The maximum absolute atomic E-state index is 4.86. The smallest absolute Gasteiger partial charge is 0.793 e. The Hall–Kier alpha value is 2.18. The molecule has 0 saturated carbocycles. The van der Waals surface area contributed by atoms with Crippen molar-refractivity contribution in [3.8, 4) is 0 Å². The van der Waals surface area contributed by atoms with E-state index in [1.54, 1.807) is 0 Å². The van der Waals surface area contributed by atoms with Crippen molar-refractivity contribution in [1.82, 2.24) is 0 Å². The first-order valence-electron chi connectivity index (χ1n) is 4.58. The van der Waals surface area contributed by atoms with E-state index in [2.05, 4.69) is 0 Å². The zero-order valence-electron chi connectivity index (χ0n) is 7.78. The van der Waals surface area contributed by atoms with Crippen LogP contribution in [0.2, 0.25) is 0 Å². The molecule has 0 fully saturated rings. The predicted octanol–water partition coefficient (Wildman–Crippen LogP) is 2.81. The standard InChI is InChI=1S/C9H20S2.2Ag/c10-8-6-4-2-1-3-5-7-9-11;;/h10-11H,1-9H2;;/q;2*+1/p-2. The fraction of sp³-hybridized carbons (Fsp3) is 1.00. The van der Waals surface area contributed by atoms with Crippen LogP contribution in [0.1, 0.15) is 44.9 Å². The van der Waals surface area contributed by atoms with Gasteiger partial charge in [-0.1, -0.05) is 44.9 Å². The minimum atomic E-state index is 0. The van der Waals surface area contributed by atoms with Gasteiger partial charge in [-0.3, -0.25) is 0 Å². The van der Waals surface area contributed by atoms with Gasteiger partial charge >= 0.3 is 44.8 Å². The monoisotopic (exact) mass is 404 g/mol. The summed E-state index contributed by atoms with van der Waals surface area (Å²) in [7, 11) is 0. The van der Waals surface area contributed by atoms with Gasteiger partial charge in [-0.05, 0) is 0 Å². The van der Waals surface area contributed by atoms with Crippen LogP contribution in [0, 0.1) is 0 Å². The SMILES string of the molecule is [Ag+].[Ag+].[S-]CCCCCCCCC[S-]. The molecular formula is C9H18Ag2S2. The molecule has 0 nitrogen and oxygen atoms in total. The molecule has 0 radical (unpaired) electrons. The first-order valence-corrected chi connectivity index (χ1v) is 5.73.